The van der Waals surface area contributed by atoms with Gasteiger partial charge < -0.3 is 16.0 Å². The first-order chi connectivity index (χ1) is 12.6. The van der Waals surface area contributed by atoms with E-state index >= 15 is 0 Å². The van der Waals surface area contributed by atoms with Crippen LogP contribution in [0, 0.1) is 12.8 Å². The van der Waals surface area contributed by atoms with Crippen LogP contribution in [0.1, 0.15) is 56.1 Å². The normalized spacial score (nSPS) is 16.8. The van der Waals surface area contributed by atoms with Gasteiger partial charge in [0.05, 0.1) is 0 Å². The molecule has 1 fully saturated rings. The van der Waals surface area contributed by atoms with E-state index in [-0.39, 0.29) is 11.8 Å². The molecule has 5 nitrogen and oxygen atoms in total. The Morgan fingerprint density at radius 3 is 2.58 bits per heavy atom. The standard InChI is InChI=1S/C21H34N4O/c1-16-8-7-11-19(14-16)17(2)15-25-21(22-3)24-13-12-23-20(26)18-9-5-4-6-10-18/h7-8,11,14,17-18H,4-6,9-10,12-13,15H2,1-3H3,(H,23,26)(H2,22,24,25). The first kappa shape index (κ1) is 20.3. The van der Waals surface area contributed by atoms with Crippen molar-refractivity contribution < 1.29 is 4.79 Å². The van der Waals surface area contributed by atoms with E-state index in [1.165, 1.54) is 30.4 Å². The van der Waals surface area contributed by atoms with E-state index in [0.717, 1.165) is 25.3 Å². The molecule has 5 heteroatoms. The van der Waals surface area contributed by atoms with E-state index < -0.39 is 0 Å². The lowest BCUT2D eigenvalue weighted by molar-refractivity contribution is -0.125. The number of hydrogen-bond donors (Lipinski definition) is 3. The molecule has 0 bridgehead atoms. The van der Waals surface area contributed by atoms with Gasteiger partial charge in [0.25, 0.3) is 0 Å². The maximum atomic E-state index is 12.1. The van der Waals surface area contributed by atoms with Gasteiger partial charge in [-0.1, -0.05) is 56.0 Å². The number of carbonyl (C=O) groups is 1. The molecule has 26 heavy (non-hydrogen) atoms. The molecule has 1 saturated carbocycles. The molecule has 1 aliphatic carbocycles. The molecule has 0 radical (unpaired) electrons. The van der Waals surface area contributed by atoms with Gasteiger partial charge in [-0.25, -0.2) is 0 Å². The van der Waals surface area contributed by atoms with Crippen LogP contribution >= 0.6 is 0 Å². The summed E-state index contributed by atoms with van der Waals surface area (Å²) in [5.74, 6) is 1.61. The third-order valence-electron chi connectivity index (χ3n) is 5.10. The summed E-state index contributed by atoms with van der Waals surface area (Å²) in [7, 11) is 1.77. The molecule has 1 amide bonds. The van der Waals surface area contributed by atoms with Crippen LogP contribution in [0.3, 0.4) is 0 Å². The smallest absolute Gasteiger partial charge is 0.223 e. The van der Waals surface area contributed by atoms with Crippen LogP contribution in [-0.2, 0) is 4.79 Å². The highest BCUT2D eigenvalue weighted by Gasteiger charge is 2.20. The first-order valence-electron chi connectivity index (χ1n) is 9.89. The van der Waals surface area contributed by atoms with E-state index in [1.807, 2.05) is 0 Å². The molecular formula is C21H34N4O. The number of aliphatic imine (C=N–C) groups is 1. The maximum absolute atomic E-state index is 12.1. The second-order valence-electron chi connectivity index (χ2n) is 7.32. The van der Waals surface area contributed by atoms with Crippen LogP contribution in [0.25, 0.3) is 0 Å². The Morgan fingerprint density at radius 1 is 1.15 bits per heavy atom. The second kappa shape index (κ2) is 10.8. The molecule has 1 aliphatic rings. The number of nitrogens with zero attached hydrogens (tertiary/aromatic N) is 1. The summed E-state index contributed by atoms with van der Waals surface area (Å²) in [6, 6.07) is 8.61. The van der Waals surface area contributed by atoms with Gasteiger partial charge in [0, 0.05) is 32.6 Å². The molecule has 1 aromatic carbocycles. The zero-order valence-corrected chi connectivity index (χ0v) is 16.5. The van der Waals surface area contributed by atoms with Crippen molar-refractivity contribution in [2.24, 2.45) is 10.9 Å². The van der Waals surface area contributed by atoms with E-state index in [4.69, 9.17) is 0 Å². The summed E-state index contributed by atoms with van der Waals surface area (Å²) in [6.45, 7) is 6.45. The van der Waals surface area contributed by atoms with Crippen molar-refractivity contribution in [3.63, 3.8) is 0 Å². The molecule has 0 aliphatic heterocycles. The molecule has 3 N–H and O–H groups in total. The number of rotatable bonds is 7. The fraction of sp³-hybridized carbons (Fsp3) is 0.619. The molecule has 0 heterocycles. The summed E-state index contributed by atoms with van der Waals surface area (Å²) in [6.07, 6.45) is 5.73. The summed E-state index contributed by atoms with van der Waals surface area (Å²) >= 11 is 0. The Hall–Kier alpha value is -2.04. The third-order valence-corrected chi connectivity index (χ3v) is 5.10. The highest BCUT2D eigenvalue weighted by molar-refractivity contribution is 5.80. The minimum Gasteiger partial charge on any atom is -0.356 e. The van der Waals surface area contributed by atoms with E-state index in [1.54, 1.807) is 7.05 Å². The van der Waals surface area contributed by atoms with Crippen LogP contribution in [0.2, 0.25) is 0 Å². The number of amides is 1. The highest BCUT2D eigenvalue weighted by Crippen LogP contribution is 2.23. The Bertz CT molecular complexity index is 593. The molecular weight excluding hydrogens is 324 g/mol. The van der Waals surface area contributed by atoms with Crippen molar-refractivity contribution in [3.8, 4) is 0 Å². The maximum Gasteiger partial charge on any atom is 0.223 e. The van der Waals surface area contributed by atoms with Gasteiger partial charge in [0.2, 0.25) is 5.91 Å². The van der Waals surface area contributed by atoms with Crippen LogP contribution in [0.5, 0.6) is 0 Å². The van der Waals surface area contributed by atoms with Gasteiger partial charge in [-0.05, 0) is 31.2 Å². The van der Waals surface area contributed by atoms with Crippen molar-refractivity contribution in [2.75, 3.05) is 26.7 Å². The molecule has 1 aromatic rings. The minimum absolute atomic E-state index is 0.211. The van der Waals surface area contributed by atoms with Gasteiger partial charge in [-0.15, -0.1) is 0 Å². The summed E-state index contributed by atoms with van der Waals surface area (Å²) in [4.78, 5) is 16.4. The lowest BCUT2D eigenvalue weighted by atomic mass is 9.89. The Morgan fingerprint density at radius 2 is 1.88 bits per heavy atom. The molecule has 0 aromatic heterocycles. The molecule has 0 saturated heterocycles. The average molecular weight is 359 g/mol. The molecule has 144 valence electrons. The molecule has 2 rings (SSSR count). The Labute approximate surface area is 158 Å². The lowest BCUT2D eigenvalue weighted by Gasteiger charge is -2.21. The summed E-state index contributed by atoms with van der Waals surface area (Å²) < 4.78 is 0. The quantitative estimate of drug-likeness (QED) is 0.399. The number of nitrogens with one attached hydrogen (secondary N) is 3. The molecule has 1 atom stereocenters. The average Bonchev–Trinajstić information content (AvgIpc) is 2.67. The predicted octanol–water partition coefficient (Wildman–Crippen LogP) is 2.96. The van der Waals surface area contributed by atoms with E-state index in [9.17, 15) is 4.79 Å². The number of hydrogen-bond acceptors (Lipinski definition) is 2. The Kier molecular flexibility index (Phi) is 8.45. The third kappa shape index (κ3) is 6.70. The van der Waals surface area contributed by atoms with Gasteiger partial charge in [-0.3, -0.25) is 9.79 Å². The minimum atomic E-state index is 0.211. The van der Waals surface area contributed by atoms with E-state index in [0.29, 0.717) is 19.0 Å². The first-order valence-corrected chi connectivity index (χ1v) is 9.89. The van der Waals surface area contributed by atoms with E-state index in [2.05, 4.69) is 59.1 Å². The van der Waals surface area contributed by atoms with Crippen LogP contribution < -0.4 is 16.0 Å². The van der Waals surface area contributed by atoms with Crippen molar-refractivity contribution >= 4 is 11.9 Å². The van der Waals surface area contributed by atoms with Crippen molar-refractivity contribution in [1.82, 2.24) is 16.0 Å². The number of aryl methyl sites for hydroxylation is 1. The summed E-state index contributed by atoms with van der Waals surface area (Å²) in [5.41, 5.74) is 2.61. The summed E-state index contributed by atoms with van der Waals surface area (Å²) in [5, 5.41) is 9.68. The van der Waals surface area contributed by atoms with Crippen molar-refractivity contribution in [2.45, 2.75) is 51.9 Å². The fourth-order valence-corrected chi connectivity index (χ4v) is 3.44. The van der Waals surface area contributed by atoms with Gasteiger partial charge in [-0.2, -0.15) is 0 Å². The van der Waals surface area contributed by atoms with Crippen molar-refractivity contribution in [3.05, 3.63) is 35.4 Å². The number of benzene rings is 1. The Balaban J connectivity index is 1.65. The zero-order chi connectivity index (χ0) is 18.8. The molecule has 0 spiro atoms. The fourth-order valence-electron chi connectivity index (χ4n) is 3.44. The SMILES string of the molecule is CN=C(NCCNC(=O)C1CCCCC1)NCC(C)c1cccc(C)c1. The van der Waals surface area contributed by atoms with Gasteiger partial charge in [0.15, 0.2) is 5.96 Å². The largest absolute Gasteiger partial charge is 0.356 e. The number of guanidine groups is 1. The van der Waals surface area contributed by atoms with Gasteiger partial charge >= 0.3 is 0 Å². The monoisotopic (exact) mass is 358 g/mol. The van der Waals surface area contributed by atoms with Gasteiger partial charge in [0.1, 0.15) is 0 Å². The van der Waals surface area contributed by atoms with Crippen molar-refractivity contribution in [1.29, 1.82) is 0 Å². The van der Waals surface area contributed by atoms with Crippen LogP contribution in [-0.4, -0.2) is 38.5 Å². The predicted molar refractivity (Wildman–Crippen MR) is 109 cm³/mol. The highest BCUT2D eigenvalue weighted by atomic mass is 16.1. The number of carbonyl (C=O) groups excluding carboxylic acids is 1. The topological polar surface area (TPSA) is 65.5 Å². The molecule has 1 unspecified atom stereocenters. The zero-order valence-electron chi connectivity index (χ0n) is 16.5. The second-order valence-corrected chi connectivity index (χ2v) is 7.32. The lowest BCUT2D eigenvalue weighted by Crippen LogP contribution is -2.43. The van der Waals surface area contributed by atoms with Crippen LogP contribution in [0.15, 0.2) is 29.3 Å². The van der Waals surface area contributed by atoms with Crippen LogP contribution in [0.4, 0.5) is 0 Å².